The van der Waals surface area contributed by atoms with E-state index in [0.717, 1.165) is 42.1 Å². The number of benzene rings is 2. The smallest absolute Gasteiger partial charge is 0.255 e. The van der Waals surface area contributed by atoms with Gasteiger partial charge in [0.2, 0.25) is 10.0 Å². The predicted octanol–water partition coefficient (Wildman–Crippen LogP) is 3.14. The molecule has 170 valence electrons. The van der Waals surface area contributed by atoms with Crippen LogP contribution in [0, 0.1) is 5.82 Å². The average Bonchev–Trinajstić information content (AvgIpc) is 3.39. The number of anilines is 1. The predicted molar refractivity (Wildman–Crippen MR) is 113 cm³/mol. The highest BCUT2D eigenvalue weighted by Crippen LogP contribution is 2.47. The molecule has 3 aliphatic rings. The summed E-state index contributed by atoms with van der Waals surface area (Å²) in [6, 6.07) is 8.40. The number of rotatable bonds is 4. The van der Waals surface area contributed by atoms with Crippen molar-refractivity contribution in [3.05, 3.63) is 47.8 Å². The van der Waals surface area contributed by atoms with E-state index < -0.39 is 32.4 Å². The third-order valence-corrected chi connectivity index (χ3v) is 7.85. The van der Waals surface area contributed by atoms with E-state index in [4.69, 9.17) is 14.2 Å². The Balaban J connectivity index is 1.35. The van der Waals surface area contributed by atoms with Crippen LogP contribution in [0.2, 0.25) is 0 Å². The van der Waals surface area contributed by atoms with Crippen LogP contribution >= 0.6 is 0 Å². The van der Waals surface area contributed by atoms with Crippen LogP contribution in [0.25, 0.3) is 0 Å². The van der Waals surface area contributed by atoms with Crippen molar-refractivity contribution in [3.63, 3.8) is 0 Å². The minimum Gasteiger partial charge on any atom is -0.448 e. The van der Waals surface area contributed by atoms with E-state index in [1.54, 1.807) is 18.2 Å². The summed E-state index contributed by atoms with van der Waals surface area (Å²) in [5.74, 6) is -0.883. The van der Waals surface area contributed by atoms with Gasteiger partial charge in [-0.25, -0.2) is 12.8 Å². The van der Waals surface area contributed by atoms with E-state index in [-0.39, 0.29) is 31.9 Å². The lowest BCUT2D eigenvalue weighted by molar-refractivity contribution is -0.0716. The molecule has 2 aromatic carbocycles. The molecule has 0 bridgehead atoms. The highest BCUT2D eigenvalue weighted by Gasteiger charge is 2.44. The maximum Gasteiger partial charge on any atom is 0.255 e. The minimum atomic E-state index is -4.08. The first kappa shape index (κ1) is 21.2. The lowest BCUT2D eigenvalue weighted by Gasteiger charge is -2.26. The van der Waals surface area contributed by atoms with Crippen molar-refractivity contribution in [2.24, 2.45) is 0 Å². The van der Waals surface area contributed by atoms with Crippen LogP contribution in [0.5, 0.6) is 11.5 Å². The summed E-state index contributed by atoms with van der Waals surface area (Å²) in [5.41, 5.74) is 0.498. The lowest BCUT2D eigenvalue weighted by Crippen LogP contribution is -2.41. The number of ether oxygens (including phenoxy) is 3. The summed E-state index contributed by atoms with van der Waals surface area (Å²) < 4.78 is 58.4. The molecule has 2 fully saturated rings. The van der Waals surface area contributed by atoms with Crippen LogP contribution in [0.4, 0.5) is 10.1 Å². The Morgan fingerprint density at radius 2 is 1.72 bits per heavy atom. The molecule has 8 nitrogen and oxygen atoms in total. The number of morpholine rings is 1. The van der Waals surface area contributed by atoms with E-state index in [2.05, 4.69) is 5.32 Å². The zero-order chi connectivity index (χ0) is 22.3. The molecule has 5 rings (SSSR count). The number of carbonyl (C=O) groups excluding carboxylic acids is 1. The highest BCUT2D eigenvalue weighted by atomic mass is 32.2. The molecule has 0 aromatic heterocycles. The standard InChI is InChI=1S/C22H23FN2O6S/c23-17-5-3-15(13-20(17)32(27,28)25-9-11-29-12-10-25)21(26)24-16-4-6-18-19(14-16)31-22(30-18)7-1-2-8-22/h3-6,13-14H,1-2,7-12H2,(H,24,26). The molecule has 0 radical (unpaired) electrons. The molecule has 0 unspecified atom stereocenters. The second kappa shape index (κ2) is 8.02. The van der Waals surface area contributed by atoms with Gasteiger partial charge in [-0.1, -0.05) is 0 Å². The number of fused-ring (bicyclic) bond motifs is 1. The summed E-state index contributed by atoms with van der Waals surface area (Å²) in [7, 11) is -4.08. The molecule has 1 saturated carbocycles. The van der Waals surface area contributed by atoms with Crippen LogP contribution in [0.15, 0.2) is 41.3 Å². The van der Waals surface area contributed by atoms with Gasteiger partial charge in [-0.3, -0.25) is 4.79 Å². The van der Waals surface area contributed by atoms with Gasteiger partial charge in [0.05, 0.1) is 13.2 Å². The molecule has 2 heterocycles. The Labute approximate surface area is 185 Å². The fourth-order valence-corrected chi connectivity index (χ4v) is 5.76. The Hall–Kier alpha value is -2.69. The molecular weight excluding hydrogens is 439 g/mol. The molecule has 1 saturated heterocycles. The van der Waals surface area contributed by atoms with Crippen molar-refractivity contribution in [1.29, 1.82) is 0 Å². The first-order valence-electron chi connectivity index (χ1n) is 10.6. The third-order valence-electron chi connectivity index (χ3n) is 5.94. The number of nitrogens with zero attached hydrogens (tertiary/aromatic N) is 1. The SMILES string of the molecule is O=C(Nc1ccc2c(c1)OC1(CCCC1)O2)c1ccc(F)c(S(=O)(=O)N2CCOCC2)c1. The Kier molecular flexibility index (Phi) is 5.31. The van der Waals surface area contributed by atoms with Crippen molar-refractivity contribution in [3.8, 4) is 11.5 Å². The van der Waals surface area contributed by atoms with Gasteiger partial charge in [-0.15, -0.1) is 0 Å². The fourth-order valence-electron chi connectivity index (χ4n) is 4.26. The van der Waals surface area contributed by atoms with Crippen LogP contribution in [0.3, 0.4) is 0 Å². The monoisotopic (exact) mass is 462 g/mol. The second-order valence-electron chi connectivity index (χ2n) is 8.10. The van der Waals surface area contributed by atoms with Gasteiger partial charge in [-0.2, -0.15) is 4.31 Å². The molecule has 1 amide bonds. The fraction of sp³-hybridized carbons (Fsp3) is 0.409. The number of amides is 1. The summed E-state index contributed by atoms with van der Waals surface area (Å²) >= 11 is 0. The number of carbonyl (C=O) groups is 1. The Morgan fingerprint density at radius 1 is 1.00 bits per heavy atom. The van der Waals surface area contributed by atoms with Crippen molar-refractivity contribution in [2.45, 2.75) is 36.4 Å². The summed E-state index contributed by atoms with van der Waals surface area (Å²) in [5, 5.41) is 2.72. The molecule has 1 aliphatic carbocycles. The van der Waals surface area contributed by atoms with Gasteiger partial charge in [0.15, 0.2) is 11.5 Å². The molecule has 0 atom stereocenters. The van der Waals surface area contributed by atoms with Gasteiger partial charge >= 0.3 is 0 Å². The van der Waals surface area contributed by atoms with Crippen molar-refractivity contribution < 1.29 is 31.8 Å². The molecule has 1 spiro atoms. The summed E-state index contributed by atoms with van der Waals surface area (Å²) in [6.45, 7) is 0.757. The Bertz CT molecular complexity index is 1160. The van der Waals surface area contributed by atoms with Crippen molar-refractivity contribution >= 4 is 21.6 Å². The average molecular weight is 462 g/mol. The number of hydrogen-bond donors (Lipinski definition) is 1. The van der Waals surface area contributed by atoms with E-state index in [0.29, 0.717) is 17.2 Å². The quantitative estimate of drug-likeness (QED) is 0.750. The molecule has 1 N–H and O–H groups in total. The van der Waals surface area contributed by atoms with Crippen LogP contribution in [-0.4, -0.2) is 50.7 Å². The van der Waals surface area contributed by atoms with Gasteiger partial charge in [-0.05, 0) is 43.2 Å². The minimum absolute atomic E-state index is 0.0307. The first-order chi connectivity index (χ1) is 15.4. The summed E-state index contributed by atoms with van der Waals surface area (Å²) in [4.78, 5) is 12.3. The molecule has 32 heavy (non-hydrogen) atoms. The molecule has 2 aliphatic heterocycles. The first-order valence-corrected chi connectivity index (χ1v) is 12.0. The maximum absolute atomic E-state index is 14.4. The van der Waals surface area contributed by atoms with Gasteiger partial charge in [0, 0.05) is 43.2 Å². The van der Waals surface area contributed by atoms with E-state index >= 15 is 0 Å². The Morgan fingerprint density at radius 3 is 2.47 bits per heavy atom. The van der Waals surface area contributed by atoms with E-state index in [1.165, 1.54) is 6.07 Å². The topological polar surface area (TPSA) is 94.2 Å². The van der Waals surface area contributed by atoms with Crippen LogP contribution in [0.1, 0.15) is 36.0 Å². The van der Waals surface area contributed by atoms with Crippen LogP contribution in [-0.2, 0) is 14.8 Å². The largest absolute Gasteiger partial charge is 0.448 e. The number of hydrogen-bond acceptors (Lipinski definition) is 6. The molecule has 2 aromatic rings. The third kappa shape index (κ3) is 3.82. The van der Waals surface area contributed by atoms with E-state index in [1.807, 2.05) is 0 Å². The van der Waals surface area contributed by atoms with Gasteiger partial charge < -0.3 is 19.5 Å². The zero-order valence-electron chi connectivity index (χ0n) is 17.3. The zero-order valence-corrected chi connectivity index (χ0v) is 18.1. The van der Waals surface area contributed by atoms with Gasteiger partial charge in [0.25, 0.3) is 11.7 Å². The maximum atomic E-state index is 14.4. The van der Waals surface area contributed by atoms with Crippen LogP contribution < -0.4 is 14.8 Å². The van der Waals surface area contributed by atoms with Crippen molar-refractivity contribution in [1.82, 2.24) is 4.31 Å². The van der Waals surface area contributed by atoms with Gasteiger partial charge in [0.1, 0.15) is 10.7 Å². The number of halogens is 1. The highest BCUT2D eigenvalue weighted by molar-refractivity contribution is 7.89. The molecule has 10 heteroatoms. The number of sulfonamides is 1. The molecular formula is C22H23FN2O6S. The second-order valence-corrected chi connectivity index (χ2v) is 10.0. The normalized spacial score (nSPS) is 19.9. The summed E-state index contributed by atoms with van der Waals surface area (Å²) in [6.07, 6.45) is 3.72. The van der Waals surface area contributed by atoms with Crippen molar-refractivity contribution in [2.75, 3.05) is 31.6 Å². The van der Waals surface area contributed by atoms with E-state index in [9.17, 15) is 17.6 Å². The number of nitrogens with one attached hydrogen (secondary N) is 1. The lowest BCUT2D eigenvalue weighted by atomic mass is 10.2.